The van der Waals surface area contributed by atoms with Crippen LogP contribution in [-0.2, 0) is 9.47 Å². The van der Waals surface area contributed by atoms with Gasteiger partial charge in [-0.05, 0) is 58.3 Å². The van der Waals surface area contributed by atoms with E-state index in [2.05, 4.69) is 13.2 Å². The zero-order valence-electron chi connectivity index (χ0n) is 18.8. The van der Waals surface area contributed by atoms with Crippen molar-refractivity contribution < 1.29 is 24.0 Å². The van der Waals surface area contributed by atoms with Gasteiger partial charge in [-0.15, -0.1) is 6.58 Å². The lowest BCUT2D eigenvalue weighted by atomic mass is 10.0. The molecule has 0 aromatic heterocycles. The molecule has 9 nitrogen and oxygen atoms in total. The van der Waals surface area contributed by atoms with Crippen molar-refractivity contribution in [3.8, 4) is 0 Å². The predicted octanol–water partition coefficient (Wildman–Crippen LogP) is 4.30. The van der Waals surface area contributed by atoms with Crippen LogP contribution >= 0.6 is 0 Å². The molecule has 0 aromatic carbocycles. The molecule has 0 radical (unpaired) electrons. The topological polar surface area (TPSA) is 102 Å². The molecule has 0 N–H and O–H groups in total. The summed E-state index contributed by atoms with van der Waals surface area (Å²) in [6, 6.07) is -0.0999. The number of hydrogen-bond donors (Lipinski definition) is 0. The van der Waals surface area contributed by atoms with Crippen LogP contribution in [0.2, 0.25) is 0 Å². The molecule has 2 amide bonds. The Morgan fingerprint density at radius 2 is 1.87 bits per heavy atom. The summed E-state index contributed by atoms with van der Waals surface area (Å²) in [5.41, 5.74) is -0.207. The second-order valence-corrected chi connectivity index (χ2v) is 8.16. The Morgan fingerprint density at radius 3 is 2.35 bits per heavy atom. The maximum Gasteiger partial charge on any atom is 0.410 e. The molecule has 0 spiro atoms. The SMILES string of the molecule is C=CCN(C(=O)OCC(=C)/C=C\C(=C/C)[N+](=O)[O-])C1CCN(C(=O)OC(C)(C)C)CC1. The molecule has 0 aliphatic carbocycles. The number of ether oxygens (including phenoxy) is 2. The second-order valence-electron chi connectivity index (χ2n) is 8.16. The van der Waals surface area contributed by atoms with Crippen molar-refractivity contribution in [1.82, 2.24) is 9.80 Å². The molecule has 1 aliphatic rings. The summed E-state index contributed by atoms with van der Waals surface area (Å²) in [5, 5.41) is 10.8. The number of hydrogen-bond acceptors (Lipinski definition) is 6. The van der Waals surface area contributed by atoms with Gasteiger partial charge in [0.15, 0.2) is 0 Å². The van der Waals surface area contributed by atoms with Gasteiger partial charge >= 0.3 is 12.2 Å². The molecule has 1 rings (SSSR count). The fourth-order valence-corrected chi connectivity index (χ4v) is 2.95. The normalized spacial score (nSPS) is 15.5. The first-order valence-corrected chi connectivity index (χ1v) is 10.2. The highest BCUT2D eigenvalue weighted by Crippen LogP contribution is 2.20. The fourth-order valence-electron chi connectivity index (χ4n) is 2.95. The highest BCUT2D eigenvalue weighted by atomic mass is 16.6. The van der Waals surface area contributed by atoms with Crippen molar-refractivity contribution in [2.24, 2.45) is 0 Å². The Hall–Kier alpha value is -3.10. The van der Waals surface area contributed by atoms with Crippen LogP contribution in [0.1, 0.15) is 40.5 Å². The summed E-state index contributed by atoms with van der Waals surface area (Å²) < 4.78 is 10.7. The van der Waals surface area contributed by atoms with E-state index in [9.17, 15) is 19.7 Å². The maximum absolute atomic E-state index is 12.6. The summed E-state index contributed by atoms with van der Waals surface area (Å²) in [7, 11) is 0. The first kappa shape index (κ1) is 25.9. The lowest BCUT2D eigenvalue weighted by Crippen LogP contribution is -2.49. The Bertz CT molecular complexity index is 743. The van der Waals surface area contributed by atoms with E-state index in [-0.39, 0.29) is 24.4 Å². The van der Waals surface area contributed by atoms with E-state index in [1.807, 2.05) is 20.8 Å². The second kappa shape index (κ2) is 11.9. The quantitative estimate of drug-likeness (QED) is 0.244. The minimum absolute atomic E-state index is 0.0718. The average Bonchev–Trinajstić information content (AvgIpc) is 2.69. The Morgan fingerprint density at radius 1 is 1.26 bits per heavy atom. The number of nitrogens with zero attached hydrogens (tertiary/aromatic N) is 3. The number of piperidine rings is 1. The number of amides is 2. The monoisotopic (exact) mass is 435 g/mol. The van der Waals surface area contributed by atoms with E-state index < -0.39 is 16.6 Å². The Labute approximate surface area is 183 Å². The molecule has 0 bridgehead atoms. The van der Waals surface area contributed by atoms with Crippen molar-refractivity contribution in [3.63, 3.8) is 0 Å². The van der Waals surface area contributed by atoms with Crippen molar-refractivity contribution in [2.45, 2.75) is 52.2 Å². The first-order chi connectivity index (χ1) is 14.5. The number of carbonyl (C=O) groups is 2. The average molecular weight is 436 g/mol. The van der Waals surface area contributed by atoms with Crippen molar-refractivity contribution in [2.75, 3.05) is 26.2 Å². The zero-order chi connectivity index (χ0) is 23.6. The molecular formula is C22H33N3O6. The Balaban J connectivity index is 2.62. The van der Waals surface area contributed by atoms with Gasteiger partial charge in [-0.25, -0.2) is 9.59 Å². The highest BCUT2D eigenvalue weighted by Gasteiger charge is 2.31. The van der Waals surface area contributed by atoms with Crippen LogP contribution in [0.5, 0.6) is 0 Å². The van der Waals surface area contributed by atoms with Crippen molar-refractivity contribution in [3.05, 3.63) is 58.8 Å². The minimum Gasteiger partial charge on any atom is -0.445 e. The smallest absolute Gasteiger partial charge is 0.410 e. The number of carbonyl (C=O) groups excluding carboxylic acids is 2. The van der Waals surface area contributed by atoms with Gasteiger partial charge in [0.1, 0.15) is 12.2 Å². The maximum atomic E-state index is 12.6. The van der Waals surface area contributed by atoms with E-state index in [0.717, 1.165) is 0 Å². The van der Waals surface area contributed by atoms with E-state index >= 15 is 0 Å². The molecule has 172 valence electrons. The number of likely N-dealkylation sites (tertiary alicyclic amines) is 1. The van der Waals surface area contributed by atoms with Crippen LogP contribution in [0.25, 0.3) is 0 Å². The number of rotatable bonds is 8. The fraction of sp³-hybridized carbons (Fsp3) is 0.545. The molecule has 0 aromatic rings. The molecule has 1 heterocycles. The van der Waals surface area contributed by atoms with Gasteiger partial charge < -0.3 is 19.3 Å². The van der Waals surface area contributed by atoms with Crippen LogP contribution in [0, 0.1) is 10.1 Å². The molecule has 0 unspecified atom stereocenters. The third-order valence-corrected chi connectivity index (χ3v) is 4.49. The predicted molar refractivity (Wildman–Crippen MR) is 118 cm³/mol. The summed E-state index contributed by atoms with van der Waals surface area (Å²) in [6.45, 7) is 15.6. The van der Waals surface area contributed by atoms with Crippen LogP contribution < -0.4 is 0 Å². The molecule has 0 atom stereocenters. The van der Waals surface area contributed by atoms with Gasteiger partial charge in [0.2, 0.25) is 0 Å². The van der Waals surface area contributed by atoms with E-state index in [1.165, 1.54) is 18.2 Å². The minimum atomic E-state index is -0.559. The van der Waals surface area contributed by atoms with Gasteiger partial charge in [-0.3, -0.25) is 10.1 Å². The van der Waals surface area contributed by atoms with E-state index in [1.54, 1.807) is 22.8 Å². The summed E-state index contributed by atoms with van der Waals surface area (Å²) in [5.74, 6) is 0. The van der Waals surface area contributed by atoms with Crippen LogP contribution in [-0.4, -0.2) is 64.8 Å². The largest absolute Gasteiger partial charge is 0.445 e. The molecule has 1 aliphatic heterocycles. The molecule has 0 saturated carbocycles. The third kappa shape index (κ3) is 9.06. The van der Waals surface area contributed by atoms with Gasteiger partial charge in [-0.1, -0.05) is 12.7 Å². The molecule has 9 heteroatoms. The summed E-state index contributed by atoms with van der Waals surface area (Å²) in [6.07, 6.45) is 6.05. The van der Waals surface area contributed by atoms with Gasteiger partial charge in [0.05, 0.1) is 4.92 Å². The van der Waals surface area contributed by atoms with E-state index in [4.69, 9.17) is 9.47 Å². The van der Waals surface area contributed by atoms with Crippen LogP contribution in [0.15, 0.2) is 48.7 Å². The third-order valence-electron chi connectivity index (χ3n) is 4.49. The zero-order valence-corrected chi connectivity index (χ0v) is 18.8. The highest BCUT2D eigenvalue weighted by molar-refractivity contribution is 5.69. The van der Waals surface area contributed by atoms with Gasteiger partial charge in [-0.2, -0.15) is 0 Å². The van der Waals surface area contributed by atoms with Crippen LogP contribution in [0.4, 0.5) is 9.59 Å². The molecular weight excluding hydrogens is 402 g/mol. The standard InChI is InChI=1S/C22H33N3O6/c1-7-13-24(19-11-14-23(15-12-19)20(26)31-22(4,5)6)21(27)30-16-17(3)9-10-18(8-2)25(28)29/h7-10,19H,1,3,11-16H2,2,4-6H3/b10-9-,18-8+. The van der Waals surface area contributed by atoms with Gasteiger partial charge in [0.25, 0.3) is 5.70 Å². The van der Waals surface area contributed by atoms with Crippen molar-refractivity contribution >= 4 is 12.2 Å². The van der Waals surface area contributed by atoms with Crippen LogP contribution in [0.3, 0.4) is 0 Å². The van der Waals surface area contributed by atoms with E-state index in [0.29, 0.717) is 38.0 Å². The summed E-state index contributed by atoms with van der Waals surface area (Å²) >= 11 is 0. The van der Waals surface area contributed by atoms with Crippen molar-refractivity contribution in [1.29, 1.82) is 0 Å². The molecule has 1 fully saturated rings. The molecule has 31 heavy (non-hydrogen) atoms. The molecule has 1 saturated heterocycles. The number of nitro groups is 1. The summed E-state index contributed by atoms with van der Waals surface area (Å²) in [4.78, 5) is 38.3. The Kier molecular flexibility index (Phi) is 9.98. The first-order valence-electron chi connectivity index (χ1n) is 10.2. The number of allylic oxidation sites excluding steroid dienone is 2. The van der Waals surface area contributed by atoms with Gasteiger partial charge in [0, 0.05) is 31.8 Å². The lowest BCUT2D eigenvalue weighted by molar-refractivity contribution is -0.419. The lowest BCUT2D eigenvalue weighted by Gasteiger charge is -2.38.